The third-order valence-corrected chi connectivity index (χ3v) is 3.32. The molecule has 1 aliphatic rings. The Labute approximate surface area is 114 Å². The molecule has 1 atom stereocenters. The fraction of sp³-hybridized carbons (Fsp3) is 0.600. The molecule has 1 unspecified atom stereocenters. The van der Waals surface area contributed by atoms with E-state index in [1.54, 1.807) is 6.07 Å². The molecule has 1 aromatic carbocycles. The molecule has 0 aromatic heterocycles. The van der Waals surface area contributed by atoms with E-state index < -0.39 is 0 Å². The average Bonchev–Trinajstić information content (AvgIpc) is 2.92. The summed E-state index contributed by atoms with van der Waals surface area (Å²) in [6, 6.07) is 5.05. The maximum atomic E-state index is 13.8. The number of halogens is 1. The van der Waals surface area contributed by atoms with Crippen molar-refractivity contribution in [1.82, 2.24) is 5.32 Å². The third-order valence-electron chi connectivity index (χ3n) is 3.32. The fourth-order valence-electron chi connectivity index (χ4n) is 2.28. The maximum absolute atomic E-state index is 13.8. The predicted molar refractivity (Wildman–Crippen MR) is 72.9 cm³/mol. The van der Waals surface area contributed by atoms with Gasteiger partial charge in [0.05, 0.1) is 12.7 Å². The van der Waals surface area contributed by atoms with Gasteiger partial charge in [0.1, 0.15) is 0 Å². The van der Waals surface area contributed by atoms with E-state index >= 15 is 0 Å². The van der Waals surface area contributed by atoms with E-state index in [0.717, 1.165) is 38.0 Å². The van der Waals surface area contributed by atoms with Gasteiger partial charge in [0.15, 0.2) is 11.6 Å². The van der Waals surface area contributed by atoms with Gasteiger partial charge in [-0.3, -0.25) is 0 Å². The van der Waals surface area contributed by atoms with E-state index in [4.69, 9.17) is 9.47 Å². The van der Waals surface area contributed by atoms with Crippen molar-refractivity contribution in [3.8, 4) is 5.75 Å². The molecular weight excluding hydrogens is 245 g/mol. The molecule has 3 nitrogen and oxygen atoms in total. The Bertz CT molecular complexity index is 392. The zero-order valence-electron chi connectivity index (χ0n) is 11.5. The second-order valence-corrected chi connectivity index (χ2v) is 4.78. The Hall–Kier alpha value is -1.13. The van der Waals surface area contributed by atoms with Crippen LogP contribution in [0, 0.1) is 5.82 Å². The average molecular weight is 267 g/mol. The fourth-order valence-corrected chi connectivity index (χ4v) is 2.28. The van der Waals surface area contributed by atoms with E-state index in [2.05, 4.69) is 5.32 Å². The van der Waals surface area contributed by atoms with Crippen LogP contribution in [-0.2, 0) is 11.3 Å². The lowest BCUT2D eigenvalue weighted by Gasteiger charge is -2.14. The lowest BCUT2D eigenvalue weighted by molar-refractivity contribution is 0.0895. The number of hydrogen-bond acceptors (Lipinski definition) is 3. The standard InChI is InChI=1S/C15H22FNO2/c1-2-17-11-12-5-3-7-14(16)15(12)19-10-8-13-6-4-9-18-13/h3,5,7,13,17H,2,4,6,8-11H2,1H3. The normalized spacial score (nSPS) is 18.7. The van der Waals surface area contributed by atoms with Crippen LogP contribution in [0.4, 0.5) is 4.39 Å². The first-order chi connectivity index (χ1) is 9.31. The number of rotatable bonds is 7. The Morgan fingerprint density at radius 2 is 2.37 bits per heavy atom. The van der Waals surface area contributed by atoms with Crippen LogP contribution in [0.15, 0.2) is 18.2 Å². The molecule has 1 fully saturated rings. The van der Waals surface area contributed by atoms with E-state index in [1.807, 2.05) is 13.0 Å². The zero-order valence-corrected chi connectivity index (χ0v) is 11.5. The molecule has 1 heterocycles. The largest absolute Gasteiger partial charge is 0.490 e. The minimum atomic E-state index is -0.289. The number of nitrogens with one attached hydrogen (secondary N) is 1. The van der Waals surface area contributed by atoms with Gasteiger partial charge in [0.25, 0.3) is 0 Å². The van der Waals surface area contributed by atoms with Crippen LogP contribution in [0.25, 0.3) is 0 Å². The van der Waals surface area contributed by atoms with Crippen LogP contribution in [0.1, 0.15) is 31.7 Å². The summed E-state index contributed by atoms with van der Waals surface area (Å²) in [5.74, 6) is 0.0872. The van der Waals surface area contributed by atoms with Gasteiger partial charge >= 0.3 is 0 Å². The van der Waals surface area contributed by atoms with Crippen LogP contribution in [-0.4, -0.2) is 25.9 Å². The highest BCUT2D eigenvalue weighted by Crippen LogP contribution is 2.23. The molecule has 0 amide bonds. The van der Waals surface area contributed by atoms with Gasteiger partial charge in [-0.2, -0.15) is 0 Å². The van der Waals surface area contributed by atoms with Crippen LogP contribution in [0.2, 0.25) is 0 Å². The highest BCUT2D eigenvalue weighted by molar-refractivity contribution is 5.34. The van der Waals surface area contributed by atoms with E-state index in [0.29, 0.717) is 18.9 Å². The molecule has 1 aromatic rings. The van der Waals surface area contributed by atoms with Crippen molar-refractivity contribution in [1.29, 1.82) is 0 Å². The van der Waals surface area contributed by atoms with Gasteiger partial charge < -0.3 is 14.8 Å². The van der Waals surface area contributed by atoms with Crippen LogP contribution >= 0.6 is 0 Å². The van der Waals surface area contributed by atoms with Gasteiger partial charge in [-0.15, -0.1) is 0 Å². The van der Waals surface area contributed by atoms with Crippen molar-refractivity contribution in [2.24, 2.45) is 0 Å². The first kappa shape index (κ1) is 14.3. The molecule has 1 N–H and O–H groups in total. The Morgan fingerprint density at radius 3 is 3.11 bits per heavy atom. The molecule has 0 aliphatic carbocycles. The number of benzene rings is 1. The monoisotopic (exact) mass is 267 g/mol. The van der Waals surface area contributed by atoms with Gasteiger partial charge in [0, 0.05) is 25.1 Å². The summed E-state index contributed by atoms with van der Waals surface area (Å²) in [5, 5.41) is 3.19. The SMILES string of the molecule is CCNCc1cccc(F)c1OCCC1CCCO1. The molecule has 0 spiro atoms. The van der Waals surface area contributed by atoms with Crippen LogP contribution in [0.3, 0.4) is 0 Å². The second kappa shape index (κ2) is 7.46. The van der Waals surface area contributed by atoms with Gasteiger partial charge in [-0.25, -0.2) is 4.39 Å². The molecule has 19 heavy (non-hydrogen) atoms. The van der Waals surface area contributed by atoms with Crippen molar-refractivity contribution in [2.75, 3.05) is 19.8 Å². The molecule has 0 saturated carbocycles. The second-order valence-electron chi connectivity index (χ2n) is 4.78. The minimum Gasteiger partial charge on any atom is -0.490 e. The molecule has 4 heteroatoms. The number of hydrogen-bond donors (Lipinski definition) is 1. The van der Waals surface area contributed by atoms with Crippen molar-refractivity contribution in [3.63, 3.8) is 0 Å². The lowest BCUT2D eigenvalue weighted by atomic mass is 10.2. The van der Waals surface area contributed by atoms with Crippen LogP contribution < -0.4 is 10.1 Å². The summed E-state index contributed by atoms with van der Waals surface area (Å²) in [4.78, 5) is 0. The van der Waals surface area contributed by atoms with Gasteiger partial charge in [-0.05, 0) is 25.5 Å². The summed E-state index contributed by atoms with van der Waals surface area (Å²) in [7, 11) is 0. The lowest BCUT2D eigenvalue weighted by Crippen LogP contribution is -2.15. The van der Waals surface area contributed by atoms with E-state index in [9.17, 15) is 4.39 Å². The molecular formula is C15H22FNO2. The Kier molecular flexibility index (Phi) is 5.61. The Balaban J connectivity index is 1.89. The predicted octanol–water partition coefficient (Wildman–Crippen LogP) is 2.88. The summed E-state index contributed by atoms with van der Waals surface area (Å²) < 4.78 is 25.0. The molecule has 0 bridgehead atoms. The summed E-state index contributed by atoms with van der Waals surface area (Å²) in [6.07, 6.45) is 3.32. The first-order valence-corrected chi connectivity index (χ1v) is 7.03. The van der Waals surface area contributed by atoms with Gasteiger partial charge in [0.2, 0.25) is 0 Å². The highest BCUT2D eigenvalue weighted by Gasteiger charge is 2.16. The highest BCUT2D eigenvalue weighted by atomic mass is 19.1. The van der Waals surface area contributed by atoms with E-state index in [-0.39, 0.29) is 11.9 Å². The maximum Gasteiger partial charge on any atom is 0.165 e. The summed E-state index contributed by atoms with van der Waals surface area (Å²) in [6.45, 7) is 4.85. The quantitative estimate of drug-likeness (QED) is 0.824. The van der Waals surface area contributed by atoms with Crippen LogP contribution in [0.5, 0.6) is 5.75 Å². The number of para-hydroxylation sites is 1. The third kappa shape index (κ3) is 4.18. The smallest absolute Gasteiger partial charge is 0.165 e. The minimum absolute atomic E-state index is 0.281. The van der Waals surface area contributed by atoms with Crippen molar-refractivity contribution in [3.05, 3.63) is 29.6 Å². The summed E-state index contributed by atoms with van der Waals surface area (Å²) >= 11 is 0. The molecule has 0 radical (unpaired) electrons. The van der Waals surface area contributed by atoms with E-state index in [1.165, 1.54) is 6.07 Å². The molecule has 2 rings (SSSR count). The van der Waals surface area contributed by atoms with Crippen molar-refractivity contribution >= 4 is 0 Å². The molecule has 1 saturated heterocycles. The van der Waals surface area contributed by atoms with Gasteiger partial charge in [-0.1, -0.05) is 19.1 Å². The molecule has 106 valence electrons. The first-order valence-electron chi connectivity index (χ1n) is 7.03. The number of ether oxygens (including phenoxy) is 2. The summed E-state index contributed by atoms with van der Waals surface area (Å²) in [5.41, 5.74) is 0.870. The molecule has 1 aliphatic heterocycles. The van der Waals surface area contributed by atoms with Crippen molar-refractivity contribution in [2.45, 2.75) is 38.8 Å². The Morgan fingerprint density at radius 1 is 1.47 bits per heavy atom. The van der Waals surface area contributed by atoms with Crippen molar-refractivity contribution < 1.29 is 13.9 Å². The topological polar surface area (TPSA) is 30.5 Å². The zero-order chi connectivity index (χ0) is 13.5.